The van der Waals surface area contributed by atoms with Gasteiger partial charge in [-0.2, -0.15) is 10.5 Å². The smallest absolute Gasteiger partial charge is 0.259 e. The van der Waals surface area contributed by atoms with Crippen LogP contribution in [0, 0.1) is 22.7 Å². The molecule has 1 fully saturated rings. The Morgan fingerprint density at radius 3 is 2.09 bits per heavy atom. The van der Waals surface area contributed by atoms with Crippen molar-refractivity contribution in [1.82, 2.24) is 24.2 Å². The van der Waals surface area contributed by atoms with Crippen molar-refractivity contribution in [3.05, 3.63) is 108 Å². The lowest BCUT2D eigenvalue weighted by atomic mass is 9.80. The summed E-state index contributed by atoms with van der Waals surface area (Å²) in [6.45, 7) is 8.92. The fourth-order valence-corrected chi connectivity index (χ4v) is 9.42. The summed E-state index contributed by atoms with van der Waals surface area (Å²) in [5.74, 6) is 1.22. The van der Waals surface area contributed by atoms with Crippen LogP contribution in [0.15, 0.2) is 91.5 Å². The summed E-state index contributed by atoms with van der Waals surface area (Å²) in [7, 11) is 1.36. The molecule has 6 rings (SSSR count). The molecule has 344 valence electrons. The van der Waals surface area contributed by atoms with Gasteiger partial charge in [-0.05, 0) is 68.7 Å². The largest absolute Gasteiger partial charge is 0.497 e. The average Bonchev–Trinajstić information content (AvgIpc) is 3.89. The van der Waals surface area contributed by atoms with Gasteiger partial charge in [0, 0.05) is 19.0 Å². The third kappa shape index (κ3) is 11.6. The number of anilines is 1. The van der Waals surface area contributed by atoms with Crippen LogP contribution >= 0.6 is 8.53 Å². The number of carbonyl (C=O) groups is 1. The van der Waals surface area contributed by atoms with Gasteiger partial charge in [-0.3, -0.25) is 9.36 Å². The van der Waals surface area contributed by atoms with E-state index >= 15 is 0 Å². The van der Waals surface area contributed by atoms with Crippen LogP contribution in [0.1, 0.15) is 64.0 Å². The van der Waals surface area contributed by atoms with Crippen molar-refractivity contribution in [3.63, 3.8) is 0 Å². The monoisotopic (exact) mass is 910 g/mol. The Bertz CT molecular complexity index is 2300. The molecular formula is C46H55N8O10P. The van der Waals surface area contributed by atoms with Gasteiger partial charge >= 0.3 is 0 Å². The zero-order valence-corrected chi connectivity index (χ0v) is 38.4. The van der Waals surface area contributed by atoms with Gasteiger partial charge in [0.2, 0.25) is 5.91 Å². The number of imidazole rings is 1. The minimum absolute atomic E-state index is 0.0339. The highest BCUT2D eigenvalue weighted by Crippen LogP contribution is 2.51. The first kappa shape index (κ1) is 48.8. The quantitative estimate of drug-likeness (QED) is 0.0281. The van der Waals surface area contributed by atoms with Crippen LogP contribution in [0.3, 0.4) is 0 Å². The molecule has 2 aromatic heterocycles. The van der Waals surface area contributed by atoms with Gasteiger partial charge in [0.1, 0.15) is 55.1 Å². The summed E-state index contributed by atoms with van der Waals surface area (Å²) >= 11 is 0. The van der Waals surface area contributed by atoms with E-state index in [0.29, 0.717) is 22.7 Å². The molecule has 65 heavy (non-hydrogen) atoms. The average molecular weight is 911 g/mol. The van der Waals surface area contributed by atoms with Crippen LogP contribution in [0.25, 0.3) is 11.2 Å². The molecule has 1 N–H and O–H groups in total. The predicted octanol–water partition coefficient (Wildman–Crippen LogP) is 7.23. The number of aromatic nitrogens is 4. The van der Waals surface area contributed by atoms with Gasteiger partial charge in [-0.15, -0.1) is 0 Å². The number of hydrogen-bond acceptors (Lipinski definition) is 16. The summed E-state index contributed by atoms with van der Waals surface area (Å²) in [4.78, 5) is 25.6. The Hall–Kier alpha value is -5.63. The van der Waals surface area contributed by atoms with Gasteiger partial charge in [0.15, 0.2) is 30.0 Å². The highest BCUT2D eigenvalue weighted by Gasteiger charge is 2.52. The van der Waals surface area contributed by atoms with E-state index in [-0.39, 0.29) is 63.6 Å². The highest BCUT2D eigenvalue weighted by atomic mass is 31.2. The number of rotatable bonds is 24. The Labute approximate surface area is 380 Å². The van der Waals surface area contributed by atoms with Crippen molar-refractivity contribution >= 4 is 31.4 Å². The van der Waals surface area contributed by atoms with Crippen molar-refractivity contribution in [3.8, 4) is 23.6 Å². The standard InChI is InChI=1S/C46H55N8O10P/c1-31(2)54(32(3)4)65(62-24-11-22-47)64-41-39(63-45(42(41)60-30-59-29-58-25-23-48)53-28-51-40-43(52-33(5)55)49-27-50-44(40)53)26-61-46(34-12-9-8-10-13-34,35-14-18-37(56-6)19-15-35)36-16-20-38(57-7)21-17-36/h8-10,12-21,27-28,31-32,39,41-42,45H,11,24-26,29-30H2,1-7H3,(H,49,50,52,55). The zero-order valence-electron chi connectivity index (χ0n) is 37.5. The number of nitriles is 2. The first-order valence-electron chi connectivity index (χ1n) is 21.0. The van der Waals surface area contributed by atoms with Crippen molar-refractivity contribution in [2.24, 2.45) is 0 Å². The summed E-state index contributed by atoms with van der Waals surface area (Å²) in [5.41, 5.74) is 1.86. The minimum atomic E-state index is -1.87. The van der Waals surface area contributed by atoms with Crippen molar-refractivity contribution in [1.29, 1.82) is 10.5 Å². The molecule has 3 aromatic carbocycles. The van der Waals surface area contributed by atoms with Crippen molar-refractivity contribution in [2.75, 3.05) is 52.9 Å². The number of hydrogen-bond donors (Lipinski definition) is 1. The molecule has 5 aromatic rings. The lowest BCUT2D eigenvalue weighted by molar-refractivity contribution is -0.171. The molecule has 1 amide bonds. The molecule has 0 saturated carbocycles. The fraction of sp³-hybridized carbons (Fsp3) is 0.435. The molecule has 19 heteroatoms. The molecular weight excluding hydrogens is 856 g/mol. The second kappa shape index (κ2) is 23.5. The minimum Gasteiger partial charge on any atom is -0.497 e. The van der Waals surface area contributed by atoms with Crippen LogP contribution in [0.5, 0.6) is 11.5 Å². The number of amides is 1. The van der Waals surface area contributed by atoms with E-state index in [4.69, 9.17) is 47.5 Å². The van der Waals surface area contributed by atoms with Crippen molar-refractivity contribution in [2.45, 2.75) is 83.3 Å². The van der Waals surface area contributed by atoms with Gasteiger partial charge in [0.05, 0.1) is 52.3 Å². The summed E-state index contributed by atoms with van der Waals surface area (Å²) in [6, 6.07) is 29.3. The lowest BCUT2D eigenvalue weighted by Crippen LogP contribution is -2.43. The molecule has 3 heterocycles. The van der Waals surface area contributed by atoms with Crippen LogP contribution in [-0.4, -0.2) is 108 Å². The van der Waals surface area contributed by atoms with Crippen LogP contribution in [0.2, 0.25) is 0 Å². The maximum atomic E-state index is 12.2. The van der Waals surface area contributed by atoms with E-state index in [2.05, 4.69) is 31.0 Å². The maximum absolute atomic E-state index is 12.2. The number of nitrogens with zero attached hydrogens (tertiary/aromatic N) is 7. The number of ether oxygens (including phenoxy) is 7. The fourth-order valence-electron chi connectivity index (χ4n) is 7.65. The maximum Gasteiger partial charge on any atom is 0.259 e. The molecule has 0 bridgehead atoms. The first-order valence-corrected chi connectivity index (χ1v) is 22.2. The van der Waals surface area contributed by atoms with E-state index in [9.17, 15) is 10.1 Å². The summed E-state index contributed by atoms with van der Waals surface area (Å²) in [6.07, 6.45) is -0.783. The molecule has 0 aliphatic carbocycles. The van der Waals surface area contributed by atoms with E-state index in [1.54, 1.807) is 18.8 Å². The lowest BCUT2D eigenvalue weighted by Gasteiger charge is -2.39. The zero-order chi connectivity index (χ0) is 46.3. The molecule has 1 aliphatic heterocycles. The second-order valence-electron chi connectivity index (χ2n) is 15.3. The van der Waals surface area contributed by atoms with Gasteiger partial charge in [-0.25, -0.2) is 19.6 Å². The Kier molecular flexibility index (Phi) is 17.7. The number of fused-ring (bicyclic) bond motifs is 1. The first-order chi connectivity index (χ1) is 31.6. The van der Waals surface area contributed by atoms with Gasteiger partial charge in [0.25, 0.3) is 8.53 Å². The topological polar surface area (TPSA) is 207 Å². The SMILES string of the molecule is COc1ccc(C(OCC2OC(n3cnc4c(NC(C)=O)ncnc43)C(OCOCOCC#N)C2OP(OCCC#N)N(C(C)C)C(C)C)(c2ccccc2)c2ccc(OC)cc2)cc1. The number of methoxy groups -OCH3 is 2. The van der Waals surface area contributed by atoms with Crippen LogP contribution in [0.4, 0.5) is 5.82 Å². The van der Waals surface area contributed by atoms with Crippen LogP contribution < -0.4 is 14.8 Å². The number of benzene rings is 3. The normalized spacial score (nSPS) is 17.9. The van der Waals surface area contributed by atoms with Gasteiger partial charge in [-0.1, -0.05) is 54.6 Å². The van der Waals surface area contributed by atoms with E-state index < -0.39 is 38.7 Å². The molecule has 18 nitrogen and oxygen atoms in total. The number of carbonyl (C=O) groups excluding carboxylic acids is 1. The Morgan fingerprint density at radius 2 is 1.51 bits per heavy atom. The predicted molar refractivity (Wildman–Crippen MR) is 239 cm³/mol. The van der Waals surface area contributed by atoms with E-state index in [1.807, 2.05) is 113 Å². The Morgan fingerprint density at radius 1 is 0.862 bits per heavy atom. The molecule has 1 aliphatic rings. The van der Waals surface area contributed by atoms with E-state index in [0.717, 1.165) is 16.7 Å². The van der Waals surface area contributed by atoms with Gasteiger partial charge < -0.3 is 47.5 Å². The highest BCUT2D eigenvalue weighted by molar-refractivity contribution is 7.44. The Balaban J connectivity index is 1.51. The molecule has 5 atom stereocenters. The van der Waals surface area contributed by atoms with Crippen LogP contribution in [-0.2, 0) is 43.1 Å². The molecule has 5 unspecified atom stereocenters. The number of nitrogens with one attached hydrogen (secondary N) is 1. The third-order valence-corrected chi connectivity index (χ3v) is 12.5. The molecule has 1 saturated heterocycles. The summed E-state index contributed by atoms with van der Waals surface area (Å²) < 4.78 is 60.6. The van der Waals surface area contributed by atoms with Crippen molar-refractivity contribution < 1.29 is 47.0 Å². The van der Waals surface area contributed by atoms with E-state index in [1.165, 1.54) is 19.6 Å². The molecule has 0 spiro atoms. The summed E-state index contributed by atoms with van der Waals surface area (Å²) in [5, 5.41) is 21.3. The third-order valence-electron chi connectivity index (χ3n) is 10.4. The molecule has 0 radical (unpaired) electrons. The second-order valence-corrected chi connectivity index (χ2v) is 16.7.